The first-order valence-corrected chi connectivity index (χ1v) is 5.52. The molecular formula is C13H20FN. The zero-order valence-corrected chi connectivity index (χ0v) is 9.72. The Morgan fingerprint density at radius 1 is 1.27 bits per heavy atom. The third kappa shape index (κ3) is 3.22. The van der Waals surface area contributed by atoms with E-state index in [-0.39, 0.29) is 5.83 Å². The molecule has 1 fully saturated rings. The summed E-state index contributed by atoms with van der Waals surface area (Å²) in [6.07, 6.45) is 4.11. The van der Waals surface area contributed by atoms with Gasteiger partial charge >= 0.3 is 0 Å². The number of hydrogen-bond donors (Lipinski definition) is 0. The van der Waals surface area contributed by atoms with Crippen LogP contribution in [0, 0.1) is 5.92 Å². The molecule has 0 spiro atoms. The van der Waals surface area contributed by atoms with Gasteiger partial charge in [-0.25, -0.2) is 4.39 Å². The van der Waals surface area contributed by atoms with Crippen LogP contribution in [0.3, 0.4) is 0 Å². The van der Waals surface area contributed by atoms with Crippen LogP contribution < -0.4 is 0 Å². The van der Waals surface area contributed by atoms with Crippen molar-refractivity contribution < 1.29 is 4.39 Å². The van der Waals surface area contributed by atoms with Crippen molar-refractivity contribution in [3.05, 3.63) is 36.3 Å². The lowest BCUT2D eigenvalue weighted by Crippen LogP contribution is -2.19. The molecular weight excluding hydrogens is 189 g/mol. The maximum Gasteiger partial charge on any atom is 0.139 e. The summed E-state index contributed by atoms with van der Waals surface area (Å²) in [6.45, 7) is 13.3. The minimum absolute atomic E-state index is 0.348. The topological polar surface area (TPSA) is 3.24 Å². The molecule has 1 saturated heterocycles. The van der Waals surface area contributed by atoms with Crippen LogP contribution in [0.5, 0.6) is 0 Å². The molecule has 0 aromatic carbocycles. The standard InChI is InChI=1S/C13H20FN/c1-10(2)11(3)9-13(12(4)14)15-7-5-6-8-15/h9-10H,3-8H2,1-2H3/b13-9+. The van der Waals surface area contributed by atoms with Gasteiger partial charge in [-0.05, 0) is 24.8 Å². The van der Waals surface area contributed by atoms with Crippen molar-refractivity contribution >= 4 is 0 Å². The van der Waals surface area contributed by atoms with Gasteiger partial charge in [0.2, 0.25) is 0 Å². The molecule has 0 radical (unpaired) electrons. The number of hydrogen-bond acceptors (Lipinski definition) is 1. The number of halogens is 1. The van der Waals surface area contributed by atoms with E-state index in [1.165, 1.54) is 0 Å². The van der Waals surface area contributed by atoms with Crippen molar-refractivity contribution in [1.82, 2.24) is 4.90 Å². The minimum Gasteiger partial charge on any atom is -0.369 e. The van der Waals surface area contributed by atoms with Crippen LogP contribution in [0.4, 0.5) is 4.39 Å². The normalized spacial score (nSPS) is 17.3. The van der Waals surface area contributed by atoms with Crippen LogP contribution in [0.25, 0.3) is 0 Å². The average molecular weight is 209 g/mol. The van der Waals surface area contributed by atoms with Crippen LogP contribution in [0.1, 0.15) is 26.7 Å². The second-order valence-corrected chi connectivity index (χ2v) is 4.36. The molecule has 0 aromatic heterocycles. The van der Waals surface area contributed by atoms with Gasteiger partial charge in [-0.3, -0.25) is 0 Å². The van der Waals surface area contributed by atoms with E-state index in [2.05, 4.69) is 31.9 Å². The molecule has 1 aliphatic rings. The molecule has 1 rings (SSSR count). The van der Waals surface area contributed by atoms with Crippen molar-refractivity contribution in [3.63, 3.8) is 0 Å². The molecule has 1 heterocycles. The zero-order valence-electron chi connectivity index (χ0n) is 9.72. The fourth-order valence-corrected chi connectivity index (χ4v) is 1.64. The van der Waals surface area contributed by atoms with E-state index >= 15 is 0 Å². The van der Waals surface area contributed by atoms with Gasteiger partial charge in [-0.2, -0.15) is 0 Å². The lowest BCUT2D eigenvalue weighted by molar-refractivity contribution is 0.408. The molecule has 15 heavy (non-hydrogen) atoms. The largest absolute Gasteiger partial charge is 0.369 e. The zero-order chi connectivity index (χ0) is 11.4. The van der Waals surface area contributed by atoms with E-state index in [0.29, 0.717) is 11.6 Å². The SMILES string of the molecule is C=C(F)/C(=C\C(=C)C(C)C)N1CCCC1. The van der Waals surface area contributed by atoms with E-state index in [0.717, 1.165) is 31.5 Å². The minimum atomic E-state index is -0.348. The Hall–Kier alpha value is -1.05. The highest BCUT2D eigenvalue weighted by molar-refractivity contribution is 5.31. The molecule has 0 aliphatic carbocycles. The second-order valence-electron chi connectivity index (χ2n) is 4.36. The van der Waals surface area contributed by atoms with Crippen molar-refractivity contribution in [2.45, 2.75) is 26.7 Å². The van der Waals surface area contributed by atoms with Crippen molar-refractivity contribution in [3.8, 4) is 0 Å². The highest BCUT2D eigenvalue weighted by atomic mass is 19.1. The van der Waals surface area contributed by atoms with Crippen LogP contribution in [0.15, 0.2) is 36.3 Å². The van der Waals surface area contributed by atoms with Crippen LogP contribution in [0.2, 0.25) is 0 Å². The fraction of sp³-hybridized carbons (Fsp3) is 0.538. The summed E-state index contributed by atoms with van der Waals surface area (Å²) in [7, 11) is 0. The molecule has 84 valence electrons. The highest BCUT2D eigenvalue weighted by Crippen LogP contribution is 2.23. The first-order valence-electron chi connectivity index (χ1n) is 5.52. The van der Waals surface area contributed by atoms with Crippen molar-refractivity contribution in [1.29, 1.82) is 0 Å². The summed E-state index contributed by atoms with van der Waals surface area (Å²) in [5.74, 6) is 0.000605. The molecule has 0 bridgehead atoms. The quantitative estimate of drug-likeness (QED) is 0.639. The van der Waals surface area contributed by atoms with E-state index in [4.69, 9.17) is 0 Å². The first kappa shape index (κ1) is 12.0. The van der Waals surface area contributed by atoms with Crippen molar-refractivity contribution in [2.75, 3.05) is 13.1 Å². The van der Waals surface area contributed by atoms with Gasteiger partial charge < -0.3 is 4.90 Å². The third-order valence-electron chi connectivity index (χ3n) is 2.79. The summed E-state index contributed by atoms with van der Waals surface area (Å²) in [6, 6.07) is 0. The summed E-state index contributed by atoms with van der Waals surface area (Å²) < 4.78 is 13.3. The molecule has 0 saturated carbocycles. The maximum absolute atomic E-state index is 13.3. The molecule has 0 amide bonds. The smallest absolute Gasteiger partial charge is 0.139 e. The number of allylic oxidation sites excluding steroid dienone is 3. The molecule has 0 atom stereocenters. The summed E-state index contributed by atoms with van der Waals surface area (Å²) in [5.41, 5.74) is 1.57. The van der Waals surface area contributed by atoms with Gasteiger partial charge in [0.05, 0.1) is 5.70 Å². The Morgan fingerprint density at radius 2 is 1.80 bits per heavy atom. The Kier molecular flexibility index (Phi) is 4.13. The van der Waals surface area contributed by atoms with Crippen LogP contribution in [-0.4, -0.2) is 18.0 Å². The first-order chi connectivity index (χ1) is 7.02. The Morgan fingerprint density at radius 3 is 2.20 bits per heavy atom. The summed E-state index contributed by atoms with van der Waals surface area (Å²) >= 11 is 0. The fourth-order valence-electron chi connectivity index (χ4n) is 1.64. The second kappa shape index (κ2) is 5.15. The lowest BCUT2D eigenvalue weighted by atomic mass is 10.0. The van der Waals surface area contributed by atoms with E-state index in [9.17, 15) is 4.39 Å². The Bertz CT molecular complexity index is 283. The number of likely N-dealkylation sites (tertiary alicyclic amines) is 1. The van der Waals surface area contributed by atoms with Crippen LogP contribution in [-0.2, 0) is 0 Å². The summed E-state index contributed by atoms with van der Waals surface area (Å²) in [4.78, 5) is 2.05. The third-order valence-corrected chi connectivity index (χ3v) is 2.79. The molecule has 0 N–H and O–H groups in total. The summed E-state index contributed by atoms with van der Waals surface area (Å²) in [5, 5.41) is 0. The van der Waals surface area contributed by atoms with Gasteiger partial charge in [0.1, 0.15) is 5.83 Å². The highest BCUT2D eigenvalue weighted by Gasteiger charge is 2.17. The van der Waals surface area contributed by atoms with E-state index in [1.807, 2.05) is 6.08 Å². The molecule has 0 unspecified atom stereocenters. The predicted octanol–water partition coefficient (Wildman–Crippen LogP) is 3.66. The number of nitrogens with zero attached hydrogens (tertiary/aromatic N) is 1. The van der Waals surface area contributed by atoms with E-state index in [1.54, 1.807) is 0 Å². The Balaban J connectivity index is 2.81. The molecule has 1 nitrogen and oxygen atoms in total. The Labute approximate surface area is 92.0 Å². The maximum atomic E-state index is 13.3. The average Bonchev–Trinajstić information content (AvgIpc) is 2.65. The van der Waals surface area contributed by atoms with Gasteiger partial charge in [0.15, 0.2) is 0 Å². The monoisotopic (exact) mass is 209 g/mol. The number of rotatable bonds is 4. The van der Waals surface area contributed by atoms with Crippen molar-refractivity contribution in [2.24, 2.45) is 5.92 Å². The molecule has 0 aromatic rings. The van der Waals surface area contributed by atoms with Crippen LogP contribution >= 0.6 is 0 Å². The van der Waals surface area contributed by atoms with Gasteiger partial charge in [0, 0.05) is 13.1 Å². The van der Waals surface area contributed by atoms with Gasteiger partial charge in [-0.15, -0.1) is 0 Å². The predicted molar refractivity (Wildman–Crippen MR) is 63.1 cm³/mol. The van der Waals surface area contributed by atoms with Gasteiger partial charge in [-0.1, -0.05) is 32.6 Å². The molecule has 2 heteroatoms. The van der Waals surface area contributed by atoms with E-state index < -0.39 is 0 Å². The van der Waals surface area contributed by atoms with Gasteiger partial charge in [0.25, 0.3) is 0 Å². The lowest BCUT2D eigenvalue weighted by Gasteiger charge is -2.20. The molecule has 1 aliphatic heterocycles.